The molecule has 0 aromatic heterocycles. The lowest BCUT2D eigenvalue weighted by atomic mass is 9.92. The number of anilines is 2. The second kappa shape index (κ2) is 8.71. The molecule has 1 heterocycles. The summed E-state index contributed by atoms with van der Waals surface area (Å²) < 4.78 is 0. The van der Waals surface area contributed by atoms with E-state index >= 15 is 0 Å². The fourth-order valence-electron chi connectivity index (χ4n) is 3.29. The number of benzene rings is 2. The Hall–Kier alpha value is -2.77. The third-order valence-electron chi connectivity index (χ3n) is 4.52. The topological polar surface area (TPSA) is 108 Å². The van der Waals surface area contributed by atoms with Gasteiger partial charge in [0.1, 0.15) is 6.04 Å². The van der Waals surface area contributed by atoms with Crippen molar-refractivity contribution in [2.75, 3.05) is 10.6 Å². The van der Waals surface area contributed by atoms with Gasteiger partial charge in [-0.05, 0) is 29.8 Å². The highest BCUT2D eigenvalue weighted by Gasteiger charge is 2.33. The van der Waals surface area contributed by atoms with Crippen LogP contribution in [0.4, 0.5) is 11.4 Å². The summed E-state index contributed by atoms with van der Waals surface area (Å²) in [4.78, 5) is 35.2. The summed E-state index contributed by atoms with van der Waals surface area (Å²) in [7, 11) is 0. The van der Waals surface area contributed by atoms with Gasteiger partial charge < -0.3 is 21.1 Å². The second-order valence-electron chi connectivity index (χ2n) is 6.79. The third-order valence-corrected chi connectivity index (χ3v) is 5.05. The predicted octanol–water partition coefficient (Wildman–Crippen LogP) is 3.62. The van der Waals surface area contributed by atoms with E-state index in [9.17, 15) is 19.5 Å². The van der Waals surface area contributed by atoms with Gasteiger partial charge in [0, 0.05) is 40.3 Å². The van der Waals surface area contributed by atoms with Crippen molar-refractivity contribution in [3.63, 3.8) is 0 Å². The first-order valence-corrected chi connectivity index (χ1v) is 9.62. The number of carbonyl (C=O) groups is 3. The zero-order chi connectivity index (χ0) is 21.1. The molecule has 29 heavy (non-hydrogen) atoms. The minimum Gasteiger partial charge on any atom is -0.480 e. The first kappa shape index (κ1) is 21.0. The smallest absolute Gasteiger partial charge is 0.326 e. The number of carboxylic acids is 1. The van der Waals surface area contributed by atoms with Crippen LogP contribution in [0, 0.1) is 0 Å². The molecule has 1 aliphatic heterocycles. The van der Waals surface area contributed by atoms with Crippen molar-refractivity contribution in [2.45, 2.75) is 31.8 Å². The van der Waals surface area contributed by atoms with Crippen molar-refractivity contribution < 1.29 is 19.5 Å². The molecule has 0 aliphatic carbocycles. The summed E-state index contributed by atoms with van der Waals surface area (Å²) in [6.07, 6.45) is 0.249. The summed E-state index contributed by atoms with van der Waals surface area (Å²) in [5.41, 5.74) is 2.50. The number of fused-ring (bicyclic) bond motifs is 1. The summed E-state index contributed by atoms with van der Waals surface area (Å²) in [5, 5.41) is 18.6. The molecule has 3 rings (SSSR count). The number of rotatable bonds is 5. The van der Waals surface area contributed by atoms with Gasteiger partial charge in [-0.1, -0.05) is 35.3 Å². The van der Waals surface area contributed by atoms with Crippen molar-refractivity contribution in [1.29, 1.82) is 0 Å². The highest BCUT2D eigenvalue weighted by Crippen LogP contribution is 2.39. The number of carboxylic acid groups (broad SMARTS) is 1. The first-order chi connectivity index (χ1) is 13.7. The maximum atomic E-state index is 12.6. The molecule has 2 aromatic rings. The Bertz CT molecular complexity index is 963. The number of hydrogen-bond donors (Lipinski definition) is 4. The van der Waals surface area contributed by atoms with Crippen molar-refractivity contribution in [3.05, 3.63) is 57.6 Å². The minimum absolute atomic E-state index is 0.0998. The molecule has 0 saturated carbocycles. The summed E-state index contributed by atoms with van der Waals surface area (Å²) in [6.45, 7) is 1.42. The number of nitrogens with one attached hydrogen (secondary N) is 3. The molecule has 1 aliphatic rings. The average molecular weight is 436 g/mol. The number of hydrogen-bond acceptors (Lipinski definition) is 4. The molecule has 0 fully saturated rings. The van der Waals surface area contributed by atoms with E-state index in [0.717, 1.165) is 5.56 Å². The van der Waals surface area contributed by atoms with Crippen LogP contribution in [-0.2, 0) is 20.8 Å². The van der Waals surface area contributed by atoms with E-state index in [1.165, 1.54) is 6.92 Å². The Morgan fingerprint density at radius 3 is 2.48 bits per heavy atom. The molecule has 152 valence electrons. The van der Waals surface area contributed by atoms with Crippen molar-refractivity contribution >= 4 is 52.4 Å². The van der Waals surface area contributed by atoms with Crippen LogP contribution in [0.5, 0.6) is 0 Å². The van der Waals surface area contributed by atoms with Crippen LogP contribution in [0.1, 0.15) is 30.5 Å². The molecule has 4 N–H and O–H groups in total. The Morgan fingerprint density at radius 2 is 1.86 bits per heavy atom. The minimum atomic E-state index is -1.03. The van der Waals surface area contributed by atoms with Gasteiger partial charge in [0.05, 0.1) is 12.5 Å². The molecule has 9 heteroatoms. The number of amides is 2. The Labute approximate surface area is 177 Å². The van der Waals surface area contributed by atoms with Gasteiger partial charge in [0.25, 0.3) is 0 Å². The molecule has 2 atom stereocenters. The van der Waals surface area contributed by atoms with Gasteiger partial charge in [-0.2, -0.15) is 0 Å². The van der Waals surface area contributed by atoms with E-state index in [0.29, 0.717) is 27.0 Å². The molecule has 2 amide bonds. The van der Waals surface area contributed by atoms with Crippen molar-refractivity contribution in [2.24, 2.45) is 0 Å². The number of aliphatic carboxylic acids is 1. The Kier molecular flexibility index (Phi) is 6.30. The van der Waals surface area contributed by atoms with E-state index < -0.39 is 18.1 Å². The van der Waals surface area contributed by atoms with Gasteiger partial charge in [0.15, 0.2) is 0 Å². The van der Waals surface area contributed by atoms with Gasteiger partial charge >= 0.3 is 5.97 Å². The molecule has 0 spiro atoms. The summed E-state index contributed by atoms with van der Waals surface area (Å²) in [6, 6.07) is 8.62. The van der Waals surface area contributed by atoms with E-state index in [2.05, 4.69) is 16.0 Å². The molecule has 0 radical (unpaired) electrons. The molecule has 0 saturated heterocycles. The van der Waals surface area contributed by atoms with Crippen molar-refractivity contribution in [1.82, 2.24) is 5.32 Å². The lowest BCUT2D eigenvalue weighted by molar-refractivity contribution is -0.138. The number of carbonyl (C=O) groups excluding carboxylic acids is 2. The van der Waals surface area contributed by atoms with E-state index in [1.807, 2.05) is 0 Å². The van der Waals surface area contributed by atoms with Gasteiger partial charge in [-0.3, -0.25) is 9.59 Å². The fourth-order valence-corrected chi connectivity index (χ4v) is 3.92. The molecular formula is C20H19Cl2N3O4. The highest BCUT2D eigenvalue weighted by atomic mass is 35.5. The van der Waals surface area contributed by atoms with Crippen LogP contribution >= 0.6 is 23.2 Å². The normalized spacial score (nSPS) is 17.6. The zero-order valence-electron chi connectivity index (χ0n) is 15.5. The van der Waals surface area contributed by atoms with E-state index in [1.54, 1.807) is 36.4 Å². The first-order valence-electron chi connectivity index (χ1n) is 8.87. The monoisotopic (exact) mass is 435 g/mol. The van der Waals surface area contributed by atoms with Crippen LogP contribution in [0.25, 0.3) is 0 Å². The highest BCUT2D eigenvalue weighted by molar-refractivity contribution is 6.35. The Balaban J connectivity index is 1.75. The maximum absolute atomic E-state index is 12.6. The SMILES string of the molecule is CC(=O)Nc1ccc(CC(=O)N[C@@H]2C[C@@H](C(=O)O)Nc3cc(Cl)cc(Cl)c32)cc1. The standard InChI is InChI=1S/C20H19Cl2N3O4/c1-10(26)23-13-4-2-11(3-5-13)6-18(27)25-16-9-17(20(28)29)24-15-8-12(21)7-14(22)19(15)16/h2-5,7-8,16-17,24H,6,9H2,1H3,(H,23,26)(H,25,27)(H,28,29)/t16-,17+/m1/s1. The third kappa shape index (κ3) is 5.19. The van der Waals surface area contributed by atoms with Gasteiger partial charge in [0.2, 0.25) is 11.8 Å². The fraction of sp³-hybridized carbons (Fsp3) is 0.250. The molecule has 0 unspecified atom stereocenters. The molecule has 2 aromatic carbocycles. The Morgan fingerprint density at radius 1 is 1.17 bits per heavy atom. The van der Waals surface area contributed by atoms with E-state index in [-0.39, 0.29) is 24.7 Å². The van der Waals surface area contributed by atoms with Crippen LogP contribution in [0.3, 0.4) is 0 Å². The van der Waals surface area contributed by atoms with Crippen molar-refractivity contribution in [3.8, 4) is 0 Å². The average Bonchev–Trinajstić information content (AvgIpc) is 2.61. The second-order valence-corrected chi connectivity index (χ2v) is 7.64. The van der Waals surface area contributed by atoms with Gasteiger partial charge in [-0.25, -0.2) is 4.79 Å². The zero-order valence-corrected chi connectivity index (χ0v) is 17.0. The molecular weight excluding hydrogens is 417 g/mol. The van der Waals surface area contributed by atoms with Gasteiger partial charge in [-0.15, -0.1) is 0 Å². The predicted molar refractivity (Wildman–Crippen MR) is 111 cm³/mol. The lowest BCUT2D eigenvalue weighted by Crippen LogP contribution is -2.41. The lowest BCUT2D eigenvalue weighted by Gasteiger charge is -2.32. The largest absolute Gasteiger partial charge is 0.480 e. The maximum Gasteiger partial charge on any atom is 0.326 e. The summed E-state index contributed by atoms with van der Waals surface area (Å²) in [5.74, 6) is -1.48. The number of halogens is 2. The molecule has 7 nitrogen and oxygen atoms in total. The van der Waals surface area contributed by atoms with E-state index in [4.69, 9.17) is 23.2 Å². The quantitative estimate of drug-likeness (QED) is 0.573. The molecule has 0 bridgehead atoms. The van der Waals surface area contributed by atoms with Crippen LogP contribution in [-0.4, -0.2) is 28.9 Å². The van der Waals surface area contributed by atoms with Crippen LogP contribution in [0.15, 0.2) is 36.4 Å². The van der Waals surface area contributed by atoms with Crippen LogP contribution < -0.4 is 16.0 Å². The van der Waals surface area contributed by atoms with Crippen LogP contribution in [0.2, 0.25) is 10.0 Å². The summed E-state index contributed by atoms with van der Waals surface area (Å²) >= 11 is 12.3.